The number of ketones is 1. The molecule has 0 amide bonds. The third-order valence-electron chi connectivity index (χ3n) is 2.12. The Morgan fingerprint density at radius 2 is 2.31 bits per heavy atom. The predicted molar refractivity (Wildman–Crippen MR) is 42.6 cm³/mol. The monoisotopic (exact) mass is 180 g/mol. The number of nitrogens with one attached hydrogen (secondary N) is 1. The van der Waals surface area contributed by atoms with E-state index in [2.05, 4.69) is 14.9 Å². The van der Waals surface area contributed by atoms with Crippen molar-refractivity contribution in [2.24, 2.45) is 0 Å². The van der Waals surface area contributed by atoms with Crippen LogP contribution in [0.4, 0.5) is 0 Å². The third kappa shape index (κ3) is 1.04. The summed E-state index contributed by atoms with van der Waals surface area (Å²) in [5.41, 5.74) is 1.39. The van der Waals surface area contributed by atoms with E-state index in [-0.39, 0.29) is 5.78 Å². The molecule has 1 aliphatic rings. The van der Waals surface area contributed by atoms with Crippen LogP contribution < -0.4 is 0 Å². The van der Waals surface area contributed by atoms with Gasteiger partial charge in [-0.25, -0.2) is 4.79 Å². The average Bonchev–Trinajstić information content (AvgIpc) is 2.68. The summed E-state index contributed by atoms with van der Waals surface area (Å²) in [4.78, 5) is 22.3. The number of Topliss-reactive ketones (excluding diaryl/α,β-unsaturated/α-hetero) is 1. The van der Waals surface area contributed by atoms with Crippen molar-refractivity contribution in [3.05, 3.63) is 17.0 Å². The molecule has 0 unspecified atom stereocenters. The molecular formula is C8H8N2O3. The Labute approximate surface area is 74.1 Å². The molecule has 13 heavy (non-hydrogen) atoms. The van der Waals surface area contributed by atoms with E-state index in [0.717, 1.165) is 0 Å². The number of nitrogens with zero attached hydrogens (tertiary/aromatic N) is 1. The zero-order chi connectivity index (χ0) is 9.42. The molecule has 0 bridgehead atoms. The minimum Gasteiger partial charge on any atom is -0.464 e. The normalized spacial score (nSPS) is 14.4. The number of methoxy groups -OCH3 is 1. The molecule has 1 aromatic heterocycles. The van der Waals surface area contributed by atoms with E-state index in [9.17, 15) is 9.59 Å². The van der Waals surface area contributed by atoms with Gasteiger partial charge in [-0.1, -0.05) is 0 Å². The molecule has 0 saturated carbocycles. The maximum atomic E-state index is 11.2. The molecule has 0 aromatic carbocycles. The first-order chi connectivity index (χ1) is 6.24. The number of carbonyl (C=O) groups is 2. The Morgan fingerprint density at radius 1 is 1.54 bits per heavy atom. The SMILES string of the molecule is COC(=O)c1[nH]nc2c1CCC2=O. The van der Waals surface area contributed by atoms with Gasteiger partial charge in [0, 0.05) is 12.0 Å². The van der Waals surface area contributed by atoms with Gasteiger partial charge in [0.2, 0.25) is 0 Å². The molecule has 68 valence electrons. The van der Waals surface area contributed by atoms with E-state index in [1.807, 2.05) is 0 Å². The highest BCUT2D eigenvalue weighted by Gasteiger charge is 2.28. The van der Waals surface area contributed by atoms with Gasteiger partial charge in [0.15, 0.2) is 5.78 Å². The average molecular weight is 180 g/mol. The van der Waals surface area contributed by atoms with E-state index in [4.69, 9.17) is 0 Å². The van der Waals surface area contributed by atoms with Gasteiger partial charge in [0.05, 0.1) is 7.11 Å². The maximum Gasteiger partial charge on any atom is 0.356 e. The van der Waals surface area contributed by atoms with Crippen molar-refractivity contribution >= 4 is 11.8 Å². The van der Waals surface area contributed by atoms with Gasteiger partial charge in [-0.3, -0.25) is 9.89 Å². The van der Waals surface area contributed by atoms with E-state index in [1.165, 1.54) is 7.11 Å². The number of hydrogen-bond donors (Lipinski definition) is 1. The zero-order valence-electron chi connectivity index (χ0n) is 7.09. The van der Waals surface area contributed by atoms with E-state index in [0.29, 0.717) is 29.8 Å². The van der Waals surface area contributed by atoms with Gasteiger partial charge < -0.3 is 4.74 Å². The number of rotatable bonds is 1. The zero-order valence-corrected chi connectivity index (χ0v) is 7.09. The molecule has 1 heterocycles. The summed E-state index contributed by atoms with van der Waals surface area (Å²) in [5, 5.41) is 6.28. The molecule has 1 aromatic rings. The van der Waals surface area contributed by atoms with Crippen molar-refractivity contribution in [3.8, 4) is 0 Å². The van der Waals surface area contributed by atoms with Crippen LogP contribution in [0, 0.1) is 0 Å². The van der Waals surface area contributed by atoms with Crippen LogP contribution in [0.15, 0.2) is 0 Å². The first-order valence-corrected chi connectivity index (χ1v) is 3.92. The summed E-state index contributed by atoms with van der Waals surface area (Å²) in [6.45, 7) is 0. The third-order valence-corrected chi connectivity index (χ3v) is 2.12. The number of ether oxygens (including phenoxy) is 1. The number of aromatic nitrogens is 2. The number of aromatic amines is 1. The highest BCUT2D eigenvalue weighted by Crippen LogP contribution is 2.22. The van der Waals surface area contributed by atoms with Crippen molar-refractivity contribution in [1.29, 1.82) is 0 Å². The van der Waals surface area contributed by atoms with Gasteiger partial charge in [-0.15, -0.1) is 0 Å². The van der Waals surface area contributed by atoms with Gasteiger partial charge >= 0.3 is 5.97 Å². The Kier molecular flexibility index (Phi) is 1.65. The van der Waals surface area contributed by atoms with Crippen LogP contribution >= 0.6 is 0 Å². The van der Waals surface area contributed by atoms with Gasteiger partial charge in [-0.2, -0.15) is 5.10 Å². The summed E-state index contributed by atoms with van der Waals surface area (Å²) < 4.78 is 4.53. The molecule has 0 fully saturated rings. The molecule has 0 spiro atoms. The second-order valence-corrected chi connectivity index (χ2v) is 2.84. The summed E-state index contributed by atoms with van der Waals surface area (Å²) in [7, 11) is 1.30. The van der Waals surface area contributed by atoms with Crippen molar-refractivity contribution in [2.45, 2.75) is 12.8 Å². The molecule has 5 nitrogen and oxygen atoms in total. The molecule has 5 heteroatoms. The van der Waals surface area contributed by atoms with Crippen LogP contribution in [0.2, 0.25) is 0 Å². The summed E-state index contributed by atoms with van der Waals surface area (Å²) in [5.74, 6) is -0.482. The molecule has 0 radical (unpaired) electrons. The lowest BCUT2D eigenvalue weighted by molar-refractivity contribution is 0.0592. The van der Waals surface area contributed by atoms with Crippen LogP contribution in [0.25, 0.3) is 0 Å². The van der Waals surface area contributed by atoms with Crippen LogP contribution in [0.1, 0.15) is 33.0 Å². The minimum absolute atomic E-state index is 0.0126. The predicted octanol–water partition coefficient (Wildman–Crippen LogP) is 0.325. The van der Waals surface area contributed by atoms with E-state index in [1.54, 1.807) is 0 Å². The molecule has 2 rings (SSSR count). The van der Waals surface area contributed by atoms with Crippen molar-refractivity contribution in [2.75, 3.05) is 7.11 Å². The number of fused-ring (bicyclic) bond motifs is 1. The highest BCUT2D eigenvalue weighted by atomic mass is 16.5. The molecule has 1 aliphatic carbocycles. The molecular weight excluding hydrogens is 172 g/mol. The van der Waals surface area contributed by atoms with Crippen LogP contribution in [-0.4, -0.2) is 29.1 Å². The Hall–Kier alpha value is -1.65. The number of carbonyl (C=O) groups excluding carboxylic acids is 2. The fourth-order valence-corrected chi connectivity index (χ4v) is 1.47. The highest BCUT2D eigenvalue weighted by molar-refractivity contribution is 6.02. The van der Waals surface area contributed by atoms with Crippen LogP contribution in [0.3, 0.4) is 0 Å². The molecule has 0 aliphatic heterocycles. The summed E-state index contributed by atoms with van der Waals surface area (Å²) in [6, 6.07) is 0. The second kappa shape index (κ2) is 2.69. The quantitative estimate of drug-likeness (QED) is 0.632. The topological polar surface area (TPSA) is 72.1 Å². The van der Waals surface area contributed by atoms with Gasteiger partial charge in [0.25, 0.3) is 0 Å². The largest absolute Gasteiger partial charge is 0.464 e. The number of H-pyrrole nitrogens is 1. The lowest BCUT2D eigenvalue weighted by Gasteiger charge is -1.95. The fraction of sp³-hybridized carbons (Fsp3) is 0.375. The van der Waals surface area contributed by atoms with Crippen molar-refractivity contribution in [1.82, 2.24) is 10.2 Å². The lowest BCUT2D eigenvalue weighted by Crippen LogP contribution is -2.04. The van der Waals surface area contributed by atoms with Gasteiger partial charge in [-0.05, 0) is 6.42 Å². The molecule has 0 saturated heterocycles. The molecule has 1 N–H and O–H groups in total. The fourth-order valence-electron chi connectivity index (χ4n) is 1.47. The van der Waals surface area contributed by atoms with Crippen molar-refractivity contribution in [3.63, 3.8) is 0 Å². The molecule has 0 atom stereocenters. The van der Waals surface area contributed by atoms with Gasteiger partial charge in [0.1, 0.15) is 11.4 Å². The first-order valence-electron chi connectivity index (χ1n) is 3.92. The van der Waals surface area contributed by atoms with Crippen molar-refractivity contribution < 1.29 is 14.3 Å². The first kappa shape index (κ1) is 7.97. The minimum atomic E-state index is -0.469. The number of hydrogen-bond acceptors (Lipinski definition) is 4. The van der Waals surface area contributed by atoms with E-state index < -0.39 is 5.97 Å². The Bertz CT molecular complexity index is 381. The smallest absolute Gasteiger partial charge is 0.356 e. The van der Waals surface area contributed by atoms with Crippen LogP contribution in [0.5, 0.6) is 0 Å². The van der Waals surface area contributed by atoms with Crippen LogP contribution in [-0.2, 0) is 11.2 Å². The Balaban J connectivity index is 2.46. The van der Waals surface area contributed by atoms with E-state index >= 15 is 0 Å². The summed E-state index contributed by atoms with van der Waals surface area (Å²) in [6.07, 6.45) is 1.02. The lowest BCUT2D eigenvalue weighted by atomic mass is 10.2. The maximum absolute atomic E-state index is 11.2. The summed E-state index contributed by atoms with van der Waals surface area (Å²) >= 11 is 0. The second-order valence-electron chi connectivity index (χ2n) is 2.84. The number of esters is 1. The Morgan fingerprint density at radius 3 is 3.00 bits per heavy atom. The standard InChI is InChI=1S/C8H8N2O3/c1-13-8(12)7-4-2-3-5(11)6(4)9-10-7/h2-3H2,1H3,(H,9,10).